The molecule has 1 rings (SSSR count). The number of benzene rings is 1. The third-order valence-electron chi connectivity index (χ3n) is 2.81. The molecule has 0 bridgehead atoms. The number of nitriles is 1. The second kappa shape index (κ2) is 6.53. The normalized spacial score (nSPS) is 13.7. The second-order valence-electron chi connectivity index (χ2n) is 4.13. The van der Waals surface area contributed by atoms with Gasteiger partial charge in [0.2, 0.25) is 5.91 Å². The number of amides is 1. The van der Waals surface area contributed by atoms with Gasteiger partial charge in [0.1, 0.15) is 5.41 Å². The zero-order valence-electron chi connectivity index (χ0n) is 10.6. The molecule has 1 atom stereocenters. The van der Waals surface area contributed by atoms with Gasteiger partial charge in [0.15, 0.2) is 0 Å². The van der Waals surface area contributed by atoms with Crippen LogP contribution in [0.15, 0.2) is 29.2 Å². The lowest BCUT2D eigenvalue weighted by Gasteiger charge is -2.19. The number of nitrogens with one attached hydrogen (secondary N) is 1. The predicted octanol–water partition coefficient (Wildman–Crippen LogP) is 3.88. The van der Waals surface area contributed by atoms with Crippen molar-refractivity contribution in [3.8, 4) is 6.07 Å². The quantitative estimate of drug-likeness (QED) is 0.835. The molecular weight excluding hydrogens is 270 g/mol. The maximum atomic E-state index is 12.4. The van der Waals surface area contributed by atoms with Crippen molar-refractivity contribution in [1.29, 1.82) is 5.26 Å². The molecule has 19 heavy (non-hydrogen) atoms. The van der Waals surface area contributed by atoms with Gasteiger partial charge in [0, 0.05) is 4.90 Å². The molecule has 6 heteroatoms. The van der Waals surface area contributed by atoms with E-state index in [1.54, 1.807) is 19.1 Å². The Labute approximate surface area is 115 Å². The standard InChI is InChI=1S/C13H14F2N2OS/c1-3-13(2,8-16)11(18)17-9-6-4-5-7-10(9)19-12(14)15/h4-7,12H,3H2,1-2H3,(H,17,18). The molecule has 0 aromatic heterocycles. The first-order chi connectivity index (χ1) is 8.92. The average Bonchev–Trinajstić information content (AvgIpc) is 2.39. The van der Waals surface area contributed by atoms with Gasteiger partial charge >= 0.3 is 0 Å². The van der Waals surface area contributed by atoms with E-state index in [1.165, 1.54) is 19.1 Å². The number of nitrogens with zero attached hydrogens (tertiary/aromatic N) is 1. The Balaban J connectivity index is 2.94. The predicted molar refractivity (Wildman–Crippen MR) is 70.9 cm³/mol. The van der Waals surface area contributed by atoms with Crippen LogP contribution >= 0.6 is 11.8 Å². The van der Waals surface area contributed by atoms with Crippen LogP contribution in [0.4, 0.5) is 14.5 Å². The van der Waals surface area contributed by atoms with Gasteiger partial charge in [0.25, 0.3) is 5.76 Å². The van der Waals surface area contributed by atoms with Crippen LogP contribution in [0.2, 0.25) is 0 Å². The molecule has 0 saturated carbocycles. The van der Waals surface area contributed by atoms with Crippen LogP contribution in [0.25, 0.3) is 0 Å². The summed E-state index contributed by atoms with van der Waals surface area (Å²) in [7, 11) is 0. The fourth-order valence-electron chi connectivity index (χ4n) is 1.32. The van der Waals surface area contributed by atoms with Crippen LogP contribution in [-0.4, -0.2) is 11.7 Å². The monoisotopic (exact) mass is 284 g/mol. The zero-order chi connectivity index (χ0) is 14.5. The van der Waals surface area contributed by atoms with Gasteiger partial charge in [-0.3, -0.25) is 4.79 Å². The van der Waals surface area contributed by atoms with Crippen LogP contribution in [0.3, 0.4) is 0 Å². The summed E-state index contributed by atoms with van der Waals surface area (Å²) in [4.78, 5) is 12.3. The molecule has 0 heterocycles. The lowest BCUT2D eigenvalue weighted by molar-refractivity contribution is -0.122. The highest BCUT2D eigenvalue weighted by Gasteiger charge is 2.31. The van der Waals surface area contributed by atoms with Gasteiger partial charge in [-0.05, 0) is 25.5 Å². The third-order valence-corrected chi connectivity index (χ3v) is 3.59. The van der Waals surface area contributed by atoms with E-state index in [2.05, 4.69) is 5.32 Å². The molecule has 0 aliphatic heterocycles. The van der Waals surface area contributed by atoms with Crippen LogP contribution in [0, 0.1) is 16.7 Å². The number of hydrogen-bond donors (Lipinski definition) is 1. The second-order valence-corrected chi connectivity index (χ2v) is 5.16. The van der Waals surface area contributed by atoms with E-state index in [4.69, 9.17) is 5.26 Å². The smallest absolute Gasteiger partial charge is 0.288 e. The van der Waals surface area contributed by atoms with Crippen molar-refractivity contribution in [3.63, 3.8) is 0 Å². The van der Waals surface area contributed by atoms with Crippen molar-refractivity contribution in [2.45, 2.75) is 30.9 Å². The molecular formula is C13H14F2N2OS. The maximum Gasteiger partial charge on any atom is 0.288 e. The van der Waals surface area contributed by atoms with Crippen molar-refractivity contribution in [3.05, 3.63) is 24.3 Å². The van der Waals surface area contributed by atoms with Gasteiger partial charge in [-0.25, -0.2) is 0 Å². The first-order valence-corrected chi connectivity index (χ1v) is 6.57. The summed E-state index contributed by atoms with van der Waals surface area (Å²) in [5, 5.41) is 11.6. The van der Waals surface area contributed by atoms with Crippen molar-refractivity contribution < 1.29 is 13.6 Å². The Kier molecular flexibility index (Phi) is 5.31. The topological polar surface area (TPSA) is 52.9 Å². The van der Waals surface area contributed by atoms with Gasteiger partial charge in [0.05, 0.1) is 11.8 Å². The largest absolute Gasteiger partial charge is 0.324 e. The zero-order valence-corrected chi connectivity index (χ0v) is 11.4. The average molecular weight is 284 g/mol. The molecule has 0 radical (unpaired) electrons. The number of para-hydroxylation sites is 1. The van der Waals surface area contributed by atoms with Crippen LogP contribution < -0.4 is 5.32 Å². The van der Waals surface area contributed by atoms with Crippen LogP contribution in [-0.2, 0) is 4.79 Å². The Morgan fingerprint density at radius 3 is 2.68 bits per heavy atom. The molecule has 102 valence electrons. The highest BCUT2D eigenvalue weighted by atomic mass is 32.2. The first-order valence-electron chi connectivity index (χ1n) is 5.69. The van der Waals surface area contributed by atoms with E-state index in [1.807, 2.05) is 6.07 Å². The van der Waals surface area contributed by atoms with Gasteiger partial charge in [-0.1, -0.05) is 30.8 Å². The van der Waals surface area contributed by atoms with Crippen LogP contribution in [0.1, 0.15) is 20.3 Å². The number of thioether (sulfide) groups is 1. The highest BCUT2D eigenvalue weighted by molar-refractivity contribution is 7.99. The van der Waals surface area contributed by atoms with Gasteiger partial charge in [-0.2, -0.15) is 14.0 Å². The Morgan fingerprint density at radius 2 is 2.16 bits per heavy atom. The Morgan fingerprint density at radius 1 is 1.53 bits per heavy atom. The summed E-state index contributed by atoms with van der Waals surface area (Å²) in [5.74, 6) is -3.05. The summed E-state index contributed by atoms with van der Waals surface area (Å²) < 4.78 is 24.8. The maximum absolute atomic E-state index is 12.4. The molecule has 1 aromatic rings. The number of rotatable bonds is 5. The molecule has 0 aliphatic carbocycles. The minimum atomic E-state index is -2.56. The van der Waals surface area contributed by atoms with Crippen molar-refractivity contribution >= 4 is 23.4 Å². The highest BCUT2D eigenvalue weighted by Crippen LogP contribution is 2.33. The van der Waals surface area contributed by atoms with E-state index in [0.717, 1.165) is 0 Å². The molecule has 0 fully saturated rings. The lowest BCUT2D eigenvalue weighted by atomic mass is 9.88. The molecule has 1 aromatic carbocycles. The fourth-order valence-corrected chi connectivity index (χ4v) is 1.91. The fraction of sp³-hybridized carbons (Fsp3) is 0.385. The first kappa shape index (κ1) is 15.4. The van der Waals surface area contributed by atoms with E-state index in [-0.39, 0.29) is 4.90 Å². The van der Waals surface area contributed by atoms with E-state index in [9.17, 15) is 13.6 Å². The van der Waals surface area contributed by atoms with E-state index in [0.29, 0.717) is 23.9 Å². The van der Waals surface area contributed by atoms with Gasteiger partial charge in [-0.15, -0.1) is 0 Å². The van der Waals surface area contributed by atoms with E-state index < -0.39 is 17.1 Å². The minimum absolute atomic E-state index is 0.280. The molecule has 3 nitrogen and oxygen atoms in total. The van der Waals surface area contributed by atoms with Gasteiger partial charge < -0.3 is 5.32 Å². The molecule has 0 aliphatic rings. The number of carbonyl (C=O) groups is 1. The Hall–Kier alpha value is -1.61. The third kappa shape index (κ3) is 3.93. The Bertz CT molecular complexity index is 502. The number of halogens is 2. The molecule has 1 N–H and O–H groups in total. The summed E-state index contributed by atoms with van der Waals surface area (Å²) in [5.41, 5.74) is -0.865. The summed E-state index contributed by atoms with van der Waals surface area (Å²) in [6, 6.07) is 8.24. The number of carbonyl (C=O) groups excluding carboxylic acids is 1. The van der Waals surface area contributed by atoms with Crippen molar-refractivity contribution in [1.82, 2.24) is 0 Å². The summed E-state index contributed by atoms with van der Waals surface area (Å²) in [6.07, 6.45) is 0.347. The number of anilines is 1. The molecule has 0 spiro atoms. The summed E-state index contributed by atoms with van der Waals surface area (Å²) in [6.45, 7) is 3.24. The van der Waals surface area contributed by atoms with E-state index >= 15 is 0 Å². The molecule has 1 amide bonds. The summed E-state index contributed by atoms with van der Waals surface area (Å²) >= 11 is 0.362. The lowest BCUT2D eigenvalue weighted by Crippen LogP contribution is -2.31. The van der Waals surface area contributed by atoms with Crippen molar-refractivity contribution in [2.24, 2.45) is 5.41 Å². The number of alkyl halides is 2. The minimum Gasteiger partial charge on any atom is -0.324 e. The van der Waals surface area contributed by atoms with Crippen molar-refractivity contribution in [2.75, 3.05) is 5.32 Å². The molecule has 0 saturated heterocycles. The molecule has 1 unspecified atom stereocenters. The SMILES string of the molecule is CCC(C)(C#N)C(=O)Nc1ccccc1SC(F)F. The number of hydrogen-bond acceptors (Lipinski definition) is 3. The van der Waals surface area contributed by atoms with Crippen LogP contribution in [0.5, 0.6) is 0 Å².